The Bertz CT molecular complexity index is 6.00. The Kier molecular flexibility index (Phi) is 2290. The first-order chi connectivity index (χ1) is 0. The molecule has 6 heteroatoms. The SMILES string of the molecule is [Fe+2].[Fe+2].[Fe+2].[O-2].[O-2].[O-2]. The maximum atomic E-state index is 0. The summed E-state index contributed by atoms with van der Waals surface area (Å²) in [4.78, 5) is 0. The van der Waals surface area contributed by atoms with Gasteiger partial charge in [0.05, 0.1) is 0 Å². The fraction of sp³-hybridized carbons (Fsp3) is 0. The van der Waals surface area contributed by atoms with Crippen LogP contribution in [0.3, 0.4) is 0 Å². The summed E-state index contributed by atoms with van der Waals surface area (Å²) < 4.78 is 0. The van der Waals surface area contributed by atoms with Crippen molar-refractivity contribution in [2.24, 2.45) is 0 Å². The topological polar surface area (TPSA) is 85.5 Å². The number of hydrogen-bond donors (Lipinski definition) is 0. The second-order valence-corrected chi connectivity index (χ2v) is 0. The predicted octanol–water partition coefficient (Wildman–Crippen LogP) is -0.364. The van der Waals surface area contributed by atoms with E-state index in [9.17, 15) is 0 Å². The molecule has 0 unspecified atom stereocenters. The minimum absolute atomic E-state index is 0. The molecule has 0 spiro atoms. The molecule has 0 fully saturated rings. The zero-order chi connectivity index (χ0) is 0. The summed E-state index contributed by atoms with van der Waals surface area (Å²) in [5, 5.41) is 0. The molecule has 0 amide bonds. The Labute approximate surface area is 67.6 Å². The summed E-state index contributed by atoms with van der Waals surface area (Å²) in [7, 11) is 0. The first kappa shape index (κ1) is 149. The van der Waals surface area contributed by atoms with Gasteiger partial charge in [0.1, 0.15) is 0 Å². The zero-order valence-corrected chi connectivity index (χ0v) is 5.60. The zero-order valence-electron chi connectivity index (χ0n) is 2.29. The van der Waals surface area contributed by atoms with E-state index in [0.717, 1.165) is 0 Å². The van der Waals surface area contributed by atoms with E-state index in [-0.39, 0.29) is 67.6 Å². The summed E-state index contributed by atoms with van der Waals surface area (Å²) in [6.07, 6.45) is 0. The van der Waals surface area contributed by atoms with Gasteiger partial charge >= 0.3 is 51.2 Å². The molecule has 3 nitrogen and oxygen atoms in total. The Morgan fingerprint density at radius 2 is 0.333 bits per heavy atom. The van der Waals surface area contributed by atoms with Crippen LogP contribution in [0.25, 0.3) is 0 Å². The maximum Gasteiger partial charge on any atom is 2.00 e. The Morgan fingerprint density at radius 3 is 0.333 bits per heavy atom. The molecule has 0 aliphatic heterocycles. The molecule has 0 N–H and O–H groups in total. The molecule has 0 radical (unpaired) electrons. The van der Waals surface area contributed by atoms with Gasteiger partial charge in [-0.1, -0.05) is 0 Å². The van der Waals surface area contributed by atoms with Crippen molar-refractivity contribution in [2.75, 3.05) is 0 Å². The van der Waals surface area contributed by atoms with Crippen molar-refractivity contribution in [1.82, 2.24) is 0 Å². The van der Waals surface area contributed by atoms with Crippen molar-refractivity contribution < 1.29 is 67.6 Å². The van der Waals surface area contributed by atoms with Crippen LogP contribution in [0, 0.1) is 0 Å². The molecule has 0 heterocycles. The monoisotopic (exact) mass is 216 g/mol. The largest absolute Gasteiger partial charge is 2.00 e. The van der Waals surface area contributed by atoms with Crippen molar-refractivity contribution in [3.8, 4) is 0 Å². The van der Waals surface area contributed by atoms with Crippen LogP contribution in [-0.2, 0) is 67.6 Å². The summed E-state index contributed by atoms with van der Waals surface area (Å²) in [6.45, 7) is 0. The van der Waals surface area contributed by atoms with E-state index in [1.807, 2.05) is 0 Å². The van der Waals surface area contributed by atoms with Crippen molar-refractivity contribution in [2.45, 2.75) is 0 Å². The van der Waals surface area contributed by atoms with E-state index in [1.54, 1.807) is 0 Å². The fourth-order valence-electron chi connectivity index (χ4n) is 0. The third-order valence-corrected chi connectivity index (χ3v) is 0. The Balaban J connectivity index is 0. The molecule has 6 heavy (non-hydrogen) atoms. The number of hydrogen-bond acceptors (Lipinski definition) is 0. The van der Waals surface area contributed by atoms with Crippen molar-refractivity contribution in [3.05, 3.63) is 0 Å². The number of rotatable bonds is 0. The molecular weight excluding hydrogens is 216 g/mol. The van der Waals surface area contributed by atoms with Crippen LogP contribution in [0.4, 0.5) is 0 Å². The van der Waals surface area contributed by atoms with Gasteiger partial charge in [0, 0.05) is 0 Å². The molecule has 0 atom stereocenters. The first-order valence-corrected chi connectivity index (χ1v) is 0. The Morgan fingerprint density at radius 1 is 0.333 bits per heavy atom. The molecule has 0 aliphatic carbocycles. The predicted molar refractivity (Wildman–Crippen MR) is 2.06 cm³/mol. The van der Waals surface area contributed by atoms with Crippen molar-refractivity contribution in [3.63, 3.8) is 0 Å². The van der Waals surface area contributed by atoms with E-state index in [4.69, 9.17) is 0 Å². The molecule has 0 aromatic rings. The molecule has 0 aromatic carbocycles. The second-order valence-electron chi connectivity index (χ2n) is 0. The van der Waals surface area contributed by atoms with Gasteiger partial charge in [-0.05, 0) is 0 Å². The average Bonchev–Trinajstić information content (AvgIpc) is 0. The van der Waals surface area contributed by atoms with E-state index < -0.39 is 0 Å². The quantitative estimate of drug-likeness (QED) is 0.494. The normalized spacial score (nSPS) is 0. The van der Waals surface area contributed by atoms with Crippen molar-refractivity contribution in [1.29, 1.82) is 0 Å². The van der Waals surface area contributed by atoms with E-state index in [1.165, 1.54) is 0 Å². The van der Waals surface area contributed by atoms with Gasteiger partial charge in [-0.15, -0.1) is 0 Å². The summed E-state index contributed by atoms with van der Waals surface area (Å²) in [5.74, 6) is 0. The van der Waals surface area contributed by atoms with E-state index in [0.29, 0.717) is 0 Å². The van der Waals surface area contributed by atoms with Gasteiger partial charge in [-0.25, -0.2) is 0 Å². The molecule has 0 aromatic heterocycles. The van der Waals surface area contributed by atoms with Crippen LogP contribution in [0.15, 0.2) is 0 Å². The van der Waals surface area contributed by atoms with Crippen molar-refractivity contribution >= 4 is 0 Å². The first-order valence-electron chi connectivity index (χ1n) is 0. The third-order valence-electron chi connectivity index (χ3n) is 0. The summed E-state index contributed by atoms with van der Waals surface area (Å²) in [6, 6.07) is 0. The van der Waals surface area contributed by atoms with Gasteiger partial charge in [-0.3, -0.25) is 0 Å². The smallest absolute Gasteiger partial charge is 2.00 e. The van der Waals surface area contributed by atoms with E-state index >= 15 is 0 Å². The fourth-order valence-corrected chi connectivity index (χ4v) is 0. The van der Waals surface area contributed by atoms with Crippen LogP contribution in [0.5, 0.6) is 0 Å². The summed E-state index contributed by atoms with van der Waals surface area (Å²) in [5.41, 5.74) is 0. The van der Waals surface area contributed by atoms with Crippen LogP contribution in [-0.4, -0.2) is 0 Å². The molecule has 0 aliphatic rings. The van der Waals surface area contributed by atoms with Gasteiger partial charge in [-0.2, -0.15) is 0 Å². The molecular formula is Fe3O3. The average molecular weight is 216 g/mol. The van der Waals surface area contributed by atoms with Gasteiger partial charge in [0.2, 0.25) is 0 Å². The molecule has 0 bridgehead atoms. The Hall–Kier alpha value is 1.44. The van der Waals surface area contributed by atoms with Crippen LogP contribution in [0.2, 0.25) is 0 Å². The van der Waals surface area contributed by atoms with Gasteiger partial charge in [0.15, 0.2) is 0 Å². The molecule has 42 valence electrons. The minimum atomic E-state index is 0. The van der Waals surface area contributed by atoms with E-state index in [2.05, 4.69) is 0 Å². The van der Waals surface area contributed by atoms with Crippen LogP contribution >= 0.6 is 0 Å². The van der Waals surface area contributed by atoms with Gasteiger partial charge < -0.3 is 16.4 Å². The second kappa shape index (κ2) is 92.0. The summed E-state index contributed by atoms with van der Waals surface area (Å²) >= 11 is 0. The van der Waals surface area contributed by atoms with Gasteiger partial charge in [0.25, 0.3) is 0 Å². The third kappa shape index (κ3) is 51.8. The molecule has 0 saturated heterocycles. The standard InChI is InChI=1S/3Fe.3O/q3*+2;3*-2. The minimum Gasteiger partial charge on any atom is -2.00 e. The molecule has 0 saturated carbocycles. The molecule has 0 rings (SSSR count). The van der Waals surface area contributed by atoms with Crippen LogP contribution in [0.1, 0.15) is 0 Å². The van der Waals surface area contributed by atoms with Crippen LogP contribution < -0.4 is 0 Å². The maximum absolute atomic E-state index is 0.